The minimum Gasteiger partial charge on any atom is -0.456 e. The number of likely N-dealkylation sites (tertiary alicyclic amines) is 1. The van der Waals surface area contributed by atoms with Gasteiger partial charge in [-0.05, 0) is 48.1 Å². The lowest BCUT2D eigenvalue weighted by Gasteiger charge is -2.45. The van der Waals surface area contributed by atoms with E-state index in [2.05, 4.69) is 29.6 Å². The maximum atomic E-state index is 13.6. The van der Waals surface area contributed by atoms with Gasteiger partial charge >= 0.3 is 5.97 Å². The summed E-state index contributed by atoms with van der Waals surface area (Å²) in [6, 6.07) is 20.6. The number of carbonyl (C=O) groups excluding carboxylic acids is 4. The smallest absolute Gasteiger partial charge is 0.306 e. The highest BCUT2D eigenvalue weighted by Gasteiger charge is 2.61. The standard InChI is InChI=1S/C33H31N3O7/c1-19-14-15-20(17-25(19)36(41)42)34-26(37)18-43-27(38)13-3-2-8-16-35-32(39)30-28-21-9-4-5-10-22(21)29(31(30)33(35)40)24-12-7-6-11-23(24)28/h4-7,9-12,14-15,17,28-31H,2-3,8,13,16,18H2,1H3,(H,34,37)/t28?,29?,30-,31-/m1/s1. The first-order chi connectivity index (χ1) is 20.8. The number of hydrogen-bond acceptors (Lipinski definition) is 7. The predicted octanol–water partition coefficient (Wildman–Crippen LogP) is 4.84. The summed E-state index contributed by atoms with van der Waals surface area (Å²) in [5, 5.41) is 13.6. The number of carbonyl (C=O) groups is 4. The van der Waals surface area contributed by atoms with Crippen LogP contribution in [0.1, 0.15) is 65.3 Å². The van der Waals surface area contributed by atoms with Crippen LogP contribution < -0.4 is 5.32 Å². The van der Waals surface area contributed by atoms with Crippen LogP contribution >= 0.6 is 0 Å². The number of nitrogens with one attached hydrogen (secondary N) is 1. The van der Waals surface area contributed by atoms with Crippen LogP contribution in [0.25, 0.3) is 0 Å². The number of hydrogen-bond donors (Lipinski definition) is 1. The lowest BCUT2D eigenvalue weighted by Crippen LogP contribution is -2.41. The molecule has 1 N–H and O–H groups in total. The van der Waals surface area contributed by atoms with Crippen molar-refractivity contribution in [2.45, 2.75) is 44.4 Å². The Labute approximate surface area is 248 Å². The van der Waals surface area contributed by atoms with Crippen molar-refractivity contribution < 1.29 is 28.8 Å². The fourth-order valence-electron chi connectivity index (χ4n) is 6.97. The summed E-state index contributed by atoms with van der Waals surface area (Å²) in [6.45, 7) is 1.39. The van der Waals surface area contributed by atoms with Crippen molar-refractivity contribution in [1.29, 1.82) is 0 Å². The third-order valence-electron chi connectivity index (χ3n) is 8.86. The Bertz CT molecular complexity index is 1540. The number of anilines is 1. The molecule has 3 aromatic rings. The Hall–Kier alpha value is -4.86. The van der Waals surface area contributed by atoms with Gasteiger partial charge in [0.15, 0.2) is 6.61 Å². The van der Waals surface area contributed by atoms with E-state index in [9.17, 15) is 29.3 Å². The first kappa shape index (κ1) is 28.3. The summed E-state index contributed by atoms with van der Waals surface area (Å²) >= 11 is 0. The molecule has 0 spiro atoms. The number of imide groups is 1. The van der Waals surface area contributed by atoms with E-state index in [-0.39, 0.29) is 41.4 Å². The van der Waals surface area contributed by atoms with E-state index >= 15 is 0 Å². The van der Waals surface area contributed by atoms with Crippen molar-refractivity contribution >= 4 is 35.1 Å². The topological polar surface area (TPSA) is 136 Å². The van der Waals surface area contributed by atoms with Gasteiger partial charge in [-0.3, -0.25) is 34.2 Å². The fraction of sp³-hybridized carbons (Fsp3) is 0.333. The van der Waals surface area contributed by atoms with Gasteiger partial charge in [0.2, 0.25) is 11.8 Å². The van der Waals surface area contributed by atoms with Crippen LogP contribution in [0.15, 0.2) is 66.7 Å². The molecule has 3 amide bonds. The molecular formula is C33H31N3O7. The molecule has 3 aliphatic carbocycles. The van der Waals surface area contributed by atoms with Crippen molar-refractivity contribution in [3.63, 3.8) is 0 Å². The van der Waals surface area contributed by atoms with Gasteiger partial charge in [0.1, 0.15) is 0 Å². The summed E-state index contributed by atoms with van der Waals surface area (Å²) < 4.78 is 5.04. The van der Waals surface area contributed by atoms with E-state index in [1.54, 1.807) is 6.92 Å². The van der Waals surface area contributed by atoms with Crippen LogP contribution in [0.5, 0.6) is 0 Å². The molecule has 1 heterocycles. The lowest BCUT2D eigenvalue weighted by molar-refractivity contribution is -0.385. The molecule has 2 atom stereocenters. The molecule has 1 fully saturated rings. The molecule has 1 saturated heterocycles. The molecule has 3 aromatic carbocycles. The van der Waals surface area contributed by atoms with E-state index in [1.165, 1.54) is 23.1 Å². The molecule has 2 bridgehead atoms. The average Bonchev–Trinajstić information content (AvgIpc) is 3.26. The third-order valence-corrected chi connectivity index (χ3v) is 8.86. The summed E-state index contributed by atoms with van der Waals surface area (Å²) in [5.74, 6) is -2.41. The van der Waals surface area contributed by atoms with Gasteiger partial charge in [-0.15, -0.1) is 0 Å². The van der Waals surface area contributed by atoms with Crippen LogP contribution in [0.4, 0.5) is 11.4 Å². The molecule has 0 aromatic heterocycles. The zero-order chi connectivity index (χ0) is 30.2. The van der Waals surface area contributed by atoms with Crippen molar-refractivity contribution in [2.75, 3.05) is 18.5 Å². The van der Waals surface area contributed by atoms with E-state index in [0.29, 0.717) is 31.4 Å². The number of nitro groups is 1. The number of nitrogens with zero attached hydrogens (tertiary/aromatic N) is 2. The van der Waals surface area contributed by atoms with Gasteiger partial charge in [-0.2, -0.15) is 0 Å². The van der Waals surface area contributed by atoms with E-state index in [4.69, 9.17) is 4.74 Å². The molecule has 220 valence electrons. The molecule has 4 aliphatic rings. The molecule has 10 nitrogen and oxygen atoms in total. The number of ether oxygens (including phenoxy) is 1. The number of nitro benzene ring substituents is 1. The minimum atomic E-state index is -0.600. The zero-order valence-electron chi connectivity index (χ0n) is 23.7. The van der Waals surface area contributed by atoms with Crippen molar-refractivity contribution in [1.82, 2.24) is 4.90 Å². The molecule has 10 heteroatoms. The maximum Gasteiger partial charge on any atom is 0.306 e. The van der Waals surface area contributed by atoms with Crippen molar-refractivity contribution in [3.05, 3.63) is 105 Å². The van der Waals surface area contributed by atoms with Gasteiger partial charge in [0.25, 0.3) is 11.6 Å². The number of unbranched alkanes of at least 4 members (excludes halogenated alkanes) is 2. The summed E-state index contributed by atoms with van der Waals surface area (Å²) in [6.07, 6.45) is 1.74. The van der Waals surface area contributed by atoms with Crippen LogP contribution in [0, 0.1) is 28.9 Å². The second-order valence-corrected chi connectivity index (χ2v) is 11.4. The minimum absolute atomic E-state index is 0.0885. The van der Waals surface area contributed by atoms with Crippen LogP contribution in [-0.2, 0) is 23.9 Å². The van der Waals surface area contributed by atoms with Gasteiger partial charge < -0.3 is 10.1 Å². The number of aryl methyl sites for hydroxylation is 1. The number of amides is 3. The highest BCUT2D eigenvalue weighted by Crippen LogP contribution is 2.60. The molecule has 0 radical (unpaired) electrons. The monoisotopic (exact) mass is 581 g/mol. The van der Waals surface area contributed by atoms with E-state index in [0.717, 1.165) is 22.3 Å². The maximum absolute atomic E-state index is 13.6. The summed E-state index contributed by atoms with van der Waals surface area (Å²) in [5.41, 5.74) is 5.16. The molecule has 43 heavy (non-hydrogen) atoms. The van der Waals surface area contributed by atoms with Crippen molar-refractivity contribution in [3.8, 4) is 0 Å². The second kappa shape index (κ2) is 11.4. The number of rotatable bonds is 10. The Morgan fingerprint density at radius 3 is 1.95 bits per heavy atom. The Kier molecular flexibility index (Phi) is 7.52. The lowest BCUT2D eigenvalue weighted by atomic mass is 9.55. The van der Waals surface area contributed by atoms with Gasteiger partial charge in [0.05, 0.1) is 16.8 Å². The molecular weight excluding hydrogens is 550 g/mol. The SMILES string of the molecule is Cc1ccc(NC(=O)COC(=O)CCCCCN2C(=O)[C@@H]3C4c5ccccc5C(c5ccccc54)[C@H]3C2=O)cc1[N+](=O)[O-]. The van der Waals surface area contributed by atoms with Crippen LogP contribution in [0.2, 0.25) is 0 Å². The molecule has 0 unspecified atom stereocenters. The average molecular weight is 582 g/mol. The fourth-order valence-corrected chi connectivity index (χ4v) is 6.97. The first-order valence-electron chi connectivity index (χ1n) is 14.5. The molecule has 0 saturated carbocycles. The van der Waals surface area contributed by atoms with E-state index < -0.39 is 35.2 Å². The van der Waals surface area contributed by atoms with Gasteiger partial charge in [0, 0.05) is 42.1 Å². The second-order valence-electron chi connectivity index (χ2n) is 11.4. The normalized spacial score (nSPS) is 21.2. The largest absolute Gasteiger partial charge is 0.456 e. The Morgan fingerprint density at radius 2 is 1.42 bits per heavy atom. The Balaban J connectivity index is 0.982. The molecule has 1 aliphatic heterocycles. The summed E-state index contributed by atoms with van der Waals surface area (Å²) in [4.78, 5) is 63.6. The highest BCUT2D eigenvalue weighted by molar-refractivity contribution is 6.07. The van der Waals surface area contributed by atoms with Crippen LogP contribution in [-0.4, -0.2) is 46.7 Å². The van der Waals surface area contributed by atoms with Gasteiger partial charge in [-0.1, -0.05) is 61.0 Å². The van der Waals surface area contributed by atoms with E-state index in [1.807, 2.05) is 24.3 Å². The zero-order valence-corrected chi connectivity index (χ0v) is 23.7. The third kappa shape index (κ3) is 5.07. The van der Waals surface area contributed by atoms with Crippen LogP contribution in [0.3, 0.4) is 0 Å². The number of esters is 1. The Morgan fingerprint density at radius 1 is 0.860 bits per heavy atom. The summed E-state index contributed by atoms with van der Waals surface area (Å²) in [7, 11) is 0. The highest BCUT2D eigenvalue weighted by atomic mass is 16.6. The number of benzene rings is 3. The first-order valence-corrected chi connectivity index (χ1v) is 14.5. The predicted molar refractivity (Wildman–Crippen MR) is 156 cm³/mol. The van der Waals surface area contributed by atoms with Crippen molar-refractivity contribution in [2.24, 2.45) is 11.8 Å². The van der Waals surface area contributed by atoms with Gasteiger partial charge in [-0.25, -0.2) is 0 Å². The quantitative estimate of drug-likeness (QED) is 0.119. The molecule has 7 rings (SSSR count).